The molecule has 0 spiro atoms. The molecule has 1 atom stereocenters. The molecule has 124 valence electrons. The van der Waals surface area contributed by atoms with Crippen LogP contribution in [0.2, 0.25) is 0 Å². The van der Waals surface area contributed by atoms with Crippen LogP contribution in [0.4, 0.5) is 0 Å². The number of hydrogen-bond donors (Lipinski definition) is 1. The summed E-state index contributed by atoms with van der Waals surface area (Å²) in [6.45, 7) is 2.17. The van der Waals surface area contributed by atoms with Crippen molar-refractivity contribution >= 4 is 29.5 Å². The number of carbonyl (C=O) groups is 1. The molecule has 0 bridgehead atoms. The summed E-state index contributed by atoms with van der Waals surface area (Å²) in [7, 11) is 0. The first-order valence-corrected chi connectivity index (χ1v) is 9.55. The van der Waals surface area contributed by atoms with Crippen molar-refractivity contribution in [1.82, 2.24) is 14.9 Å². The Kier molecular flexibility index (Phi) is 4.01. The van der Waals surface area contributed by atoms with Gasteiger partial charge in [0.05, 0.1) is 5.56 Å². The van der Waals surface area contributed by atoms with Crippen LogP contribution in [0.25, 0.3) is 0 Å². The lowest BCUT2D eigenvalue weighted by Gasteiger charge is -2.26. The number of unbranched alkanes of at least 4 members (excludes halogenated alkanes) is 1. The van der Waals surface area contributed by atoms with Gasteiger partial charge in [-0.05, 0) is 35.9 Å². The molecule has 0 aliphatic carbocycles. The van der Waals surface area contributed by atoms with Gasteiger partial charge in [-0.25, -0.2) is 9.47 Å². The van der Waals surface area contributed by atoms with Crippen molar-refractivity contribution in [2.45, 2.75) is 36.7 Å². The normalized spacial score (nSPS) is 18.5. The summed E-state index contributed by atoms with van der Waals surface area (Å²) in [4.78, 5) is 11.0. The number of carboxylic acid groups (broad SMARTS) is 1. The number of fused-ring (bicyclic) bond motifs is 3. The highest BCUT2D eigenvalue weighted by atomic mass is 32.2. The van der Waals surface area contributed by atoms with Gasteiger partial charge < -0.3 is 5.11 Å². The number of hydrogen-bond acceptors (Lipinski definition) is 6. The summed E-state index contributed by atoms with van der Waals surface area (Å²) >= 11 is 3.35. The molecule has 1 aromatic heterocycles. The topological polar surface area (TPSA) is 71.2 Å². The van der Waals surface area contributed by atoms with Gasteiger partial charge in [0, 0.05) is 11.8 Å². The Hall–Kier alpha value is -1.93. The van der Waals surface area contributed by atoms with Crippen molar-refractivity contribution in [3.8, 4) is 0 Å². The van der Waals surface area contributed by atoms with Gasteiger partial charge in [-0.2, -0.15) is 0 Å². The summed E-state index contributed by atoms with van der Waals surface area (Å²) in [5.74, 6) is 0.0801. The third-order valence-electron chi connectivity index (χ3n) is 4.03. The molecule has 2 aliphatic rings. The van der Waals surface area contributed by atoms with Crippen LogP contribution in [0.15, 0.2) is 39.9 Å². The van der Waals surface area contributed by atoms with E-state index in [0.717, 1.165) is 40.8 Å². The van der Waals surface area contributed by atoms with E-state index in [1.807, 2.05) is 12.1 Å². The number of aromatic carboxylic acids is 1. The molecule has 0 saturated heterocycles. The fourth-order valence-electron chi connectivity index (χ4n) is 2.79. The summed E-state index contributed by atoms with van der Waals surface area (Å²) in [6.07, 6.45) is 3.11. The molecule has 0 unspecified atom stereocenters. The molecule has 3 heterocycles. The maximum Gasteiger partial charge on any atom is 0.335 e. The third kappa shape index (κ3) is 2.50. The van der Waals surface area contributed by atoms with Crippen molar-refractivity contribution in [2.24, 2.45) is 0 Å². The number of benzene rings is 1. The Bertz CT molecular complexity index is 816. The van der Waals surface area contributed by atoms with E-state index in [9.17, 15) is 4.79 Å². The highest BCUT2D eigenvalue weighted by molar-refractivity contribution is 8.07. The zero-order valence-electron chi connectivity index (χ0n) is 13.0. The minimum atomic E-state index is -0.904. The van der Waals surface area contributed by atoms with Crippen molar-refractivity contribution in [3.05, 3.63) is 51.7 Å². The predicted molar refractivity (Wildman–Crippen MR) is 94.5 cm³/mol. The number of aryl methyl sites for hydroxylation is 1. The second-order valence-electron chi connectivity index (χ2n) is 5.63. The molecule has 8 heteroatoms. The van der Waals surface area contributed by atoms with E-state index in [-0.39, 0.29) is 5.37 Å². The van der Waals surface area contributed by atoms with E-state index >= 15 is 0 Å². The first-order chi connectivity index (χ1) is 11.7. The summed E-state index contributed by atoms with van der Waals surface area (Å²) < 4.78 is 2.11. The first-order valence-electron chi connectivity index (χ1n) is 7.79. The van der Waals surface area contributed by atoms with Crippen LogP contribution in [-0.4, -0.2) is 25.9 Å². The molecule has 24 heavy (non-hydrogen) atoms. The molecule has 0 amide bonds. The number of rotatable bonds is 5. The standard InChI is InChI=1S/C16H16N4O2S2/c1-2-3-4-12-17-18-16-19(12)20-13(24-16)9-23-14(20)10-5-7-11(8-6-10)15(21)22/h5-9,14H,2-4H2,1H3,(H,21,22)/t14-/m1/s1. The van der Waals surface area contributed by atoms with Crippen LogP contribution < -0.4 is 5.01 Å². The van der Waals surface area contributed by atoms with Gasteiger partial charge in [0.1, 0.15) is 10.4 Å². The summed E-state index contributed by atoms with van der Waals surface area (Å²) in [5.41, 5.74) is 1.37. The molecule has 0 saturated carbocycles. The quantitative estimate of drug-likeness (QED) is 0.873. The van der Waals surface area contributed by atoms with Crippen molar-refractivity contribution in [1.29, 1.82) is 0 Å². The molecule has 1 aromatic carbocycles. The van der Waals surface area contributed by atoms with Gasteiger partial charge in [-0.3, -0.25) is 5.01 Å². The molecule has 4 rings (SSSR count). The summed E-state index contributed by atoms with van der Waals surface area (Å²) in [5, 5.41) is 24.2. The smallest absolute Gasteiger partial charge is 0.335 e. The van der Waals surface area contributed by atoms with Crippen molar-refractivity contribution < 1.29 is 9.90 Å². The minimum absolute atomic E-state index is 0.0768. The lowest BCUT2D eigenvalue weighted by atomic mass is 10.1. The number of thioether (sulfide) groups is 2. The van der Waals surface area contributed by atoms with E-state index in [2.05, 4.69) is 32.2 Å². The predicted octanol–water partition coefficient (Wildman–Crippen LogP) is 3.61. The van der Waals surface area contributed by atoms with Gasteiger partial charge in [0.25, 0.3) is 0 Å². The minimum Gasteiger partial charge on any atom is -0.478 e. The largest absolute Gasteiger partial charge is 0.478 e. The van der Waals surface area contributed by atoms with Gasteiger partial charge in [0.15, 0.2) is 5.82 Å². The maximum absolute atomic E-state index is 11.0. The Balaban J connectivity index is 1.65. The van der Waals surface area contributed by atoms with Crippen LogP contribution in [0.3, 0.4) is 0 Å². The van der Waals surface area contributed by atoms with E-state index in [1.165, 1.54) is 0 Å². The Labute approximate surface area is 147 Å². The lowest BCUT2D eigenvalue weighted by Crippen LogP contribution is -2.30. The average molecular weight is 360 g/mol. The molecular formula is C16H16N4O2S2. The van der Waals surface area contributed by atoms with Gasteiger partial charge in [-0.15, -0.1) is 10.2 Å². The number of nitrogens with zero attached hydrogens (tertiary/aromatic N) is 4. The van der Waals surface area contributed by atoms with Crippen LogP contribution in [0, 0.1) is 0 Å². The Morgan fingerprint density at radius 2 is 2.08 bits per heavy atom. The molecule has 2 aliphatic heterocycles. The maximum atomic E-state index is 11.0. The number of carboxylic acids is 1. The first kappa shape index (κ1) is 15.6. The van der Waals surface area contributed by atoms with Crippen LogP contribution in [0.5, 0.6) is 0 Å². The summed E-state index contributed by atoms with van der Waals surface area (Å²) in [6, 6.07) is 7.09. The zero-order valence-corrected chi connectivity index (χ0v) is 14.7. The molecule has 1 N–H and O–H groups in total. The SMILES string of the molecule is CCCCc1nnc2n1N1C(=CS[C@@H]1c1ccc(C(=O)O)cc1)S2. The second kappa shape index (κ2) is 6.18. The van der Waals surface area contributed by atoms with E-state index in [1.54, 1.807) is 35.7 Å². The molecule has 6 nitrogen and oxygen atoms in total. The highest BCUT2D eigenvalue weighted by Gasteiger charge is 2.39. The fraction of sp³-hybridized carbons (Fsp3) is 0.312. The Morgan fingerprint density at radius 3 is 2.79 bits per heavy atom. The van der Waals surface area contributed by atoms with Crippen LogP contribution in [0.1, 0.15) is 46.9 Å². The zero-order chi connectivity index (χ0) is 16.7. The molecule has 0 fully saturated rings. The van der Waals surface area contributed by atoms with Crippen molar-refractivity contribution in [3.63, 3.8) is 0 Å². The van der Waals surface area contributed by atoms with E-state index in [0.29, 0.717) is 5.56 Å². The third-order valence-corrected chi connectivity index (χ3v) is 6.22. The van der Waals surface area contributed by atoms with Gasteiger partial charge >= 0.3 is 5.97 Å². The van der Waals surface area contributed by atoms with Crippen LogP contribution in [-0.2, 0) is 6.42 Å². The van der Waals surface area contributed by atoms with E-state index in [4.69, 9.17) is 5.11 Å². The average Bonchev–Trinajstić information content (AvgIpc) is 3.24. The monoisotopic (exact) mass is 360 g/mol. The van der Waals surface area contributed by atoms with E-state index < -0.39 is 5.97 Å². The fourth-order valence-corrected chi connectivity index (χ4v) is 5.04. The number of aromatic nitrogens is 3. The molecular weight excluding hydrogens is 344 g/mol. The lowest BCUT2D eigenvalue weighted by molar-refractivity contribution is 0.0697. The van der Waals surface area contributed by atoms with Gasteiger partial charge in [0.2, 0.25) is 5.16 Å². The Morgan fingerprint density at radius 1 is 1.29 bits per heavy atom. The second-order valence-corrected chi connectivity index (χ2v) is 7.57. The molecule has 0 radical (unpaired) electrons. The highest BCUT2D eigenvalue weighted by Crippen LogP contribution is 2.51. The molecule has 2 aromatic rings. The van der Waals surface area contributed by atoms with Crippen LogP contribution >= 0.6 is 23.5 Å². The van der Waals surface area contributed by atoms with Gasteiger partial charge in [-0.1, -0.05) is 37.2 Å². The van der Waals surface area contributed by atoms with Crippen molar-refractivity contribution in [2.75, 3.05) is 5.01 Å².